The maximum atomic E-state index is 9.29. The predicted molar refractivity (Wildman–Crippen MR) is 22.6 cm³/mol. The predicted octanol–water partition coefficient (Wildman–Crippen LogP) is -2.89. The van der Waals surface area contributed by atoms with Crippen LogP contribution in [0.4, 0.5) is 0 Å². The fraction of sp³-hybridized carbons (Fsp3) is 0.500. The van der Waals surface area contributed by atoms with Gasteiger partial charge in [-0.3, -0.25) is 4.79 Å². The van der Waals surface area contributed by atoms with E-state index in [-0.39, 0.29) is 53.8 Å². The molecule has 43 valence electrons. The number of carboxylic acids is 1. The fourth-order valence-electron chi connectivity index (χ4n) is 0. The van der Waals surface area contributed by atoms with Crippen molar-refractivity contribution in [1.29, 1.82) is 0 Å². The number of hydrogen-bond acceptors (Lipinski definition) is 2. The molecule has 2 nitrogen and oxygen atoms in total. The van der Waals surface area contributed by atoms with E-state index in [1.165, 1.54) is 0 Å². The Morgan fingerprint density at radius 3 is 2.00 bits per heavy atom. The molecule has 0 aliphatic heterocycles. The summed E-state index contributed by atoms with van der Waals surface area (Å²) in [5.41, 5.74) is 0. The first-order valence-electron chi connectivity index (χ1n) is 1.10. The van der Waals surface area contributed by atoms with E-state index in [2.05, 4.69) is 12.6 Å². The van der Waals surface area contributed by atoms with Crippen molar-refractivity contribution in [2.24, 2.45) is 0 Å². The summed E-state index contributed by atoms with van der Waals surface area (Å²) in [5, 5.41) is 7.65. The minimum absolute atomic E-state index is 0. The largest absolute Gasteiger partial charge is 1.00 e. The molecule has 0 aromatic heterocycles. The van der Waals surface area contributed by atoms with Gasteiger partial charge in [-0.2, -0.15) is 12.6 Å². The molecular formula is C2H5CuNaO2S. The maximum Gasteiger partial charge on any atom is 1.00 e. The number of hydrogen-bond donors (Lipinski definition) is 2. The van der Waals surface area contributed by atoms with Crippen LogP contribution in [0.15, 0.2) is 0 Å². The summed E-state index contributed by atoms with van der Waals surface area (Å²) in [7, 11) is 0. The first-order chi connectivity index (χ1) is 2.27. The molecular weight excluding hydrogens is 175 g/mol. The molecule has 0 amide bonds. The molecule has 0 bridgehead atoms. The van der Waals surface area contributed by atoms with Crippen molar-refractivity contribution in [2.75, 3.05) is 5.75 Å². The number of carboxylic acid groups (broad SMARTS) is 1. The van der Waals surface area contributed by atoms with Crippen LogP contribution in [-0.2, 0) is 21.9 Å². The summed E-state index contributed by atoms with van der Waals surface area (Å²) >= 11 is 3.42. The van der Waals surface area contributed by atoms with E-state index in [4.69, 9.17) is 5.11 Å². The number of rotatable bonds is 1. The molecule has 0 aliphatic carbocycles. The first-order valence-corrected chi connectivity index (χ1v) is 1.73. The zero-order valence-corrected chi connectivity index (χ0v) is 7.65. The van der Waals surface area contributed by atoms with Gasteiger partial charge in [0.05, 0.1) is 5.75 Å². The van der Waals surface area contributed by atoms with Gasteiger partial charge in [0.25, 0.3) is 0 Å². The second-order valence-corrected chi connectivity index (χ2v) is 0.868. The van der Waals surface area contributed by atoms with Crippen LogP contribution < -0.4 is 29.6 Å². The number of thiol groups is 1. The topological polar surface area (TPSA) is 37.3 Å². The van der Waals surface area contributed by atoms with Crippen molar-refractivity contribution >= 4 is 18.6 Å². The molecule has 0 rings (SSSR count). The summed E-state index contributed by atoms with van der Waals surface area (Å²) < 4.78 is 0. The second kappa shape index (κ2) is 10.3. The van der Waals surface area contributed by atoms with Crippen LogP contribution in [0.25, 0.3) is 0 Å². The van der Waals surface area contributed by atoms with E-state index < -0.39 is 5.97 Å². The van der Waals surface area contributed by atoms with Gasteiger partial charge < -0.3 is 6.53 Å². The Labute approximate surface area is 81.7 Å². The molecule has 0 saturated carbocycles. The maximum absolute atomic E-state index is 9.29. The Kier molecular flexibility index (Phi) is 23.3. The molecule has 0 heterocycles. The van der Waals surface area contributed by atoms with Crippen LogP contribution in [0.1, 0.15) is 1.43 Å². The second-order valence-electron chi connectivity index (χ2n) is 0.552. The molecule has 1 radical (unpaired) electrons. The molecule has 0 unspecified atom stereocenters. The molecule has 7 heavy (non-hydrogen) atoms. The van der Waals surface area contributed by atoms with Gasteiger partial charge in [-0.25, -0.2) is 0 Å². The van der Waals surface area contributed by atoms with Crippen LogP contribution >= 0.6 is 12.6 Å². The number of carbonyl (C=O) groups is 1. The Hall–Kier alpha value is 1.34. The van der Waals surface area contributed by atoms with E-state index in [9.17, 15) is 4.79 Å². The minimum atomic E-state index is -0.881. The molecule has 0 atom stereocenters. The van der Waals surface area contributed by atoms with Crippen molar-refractivity contribution in [2.45, 2.75) is 0 Å². The smallest absolute Gasteiger partial charge is 1.00 e. The van der Waals surface area contributed by atoms with Crippen LogP contribution in [0.3, 0.4) is 0 Å². The van der Waals surface area contributed by atoms with E-state index in [0.717, 1.165) is 0 Å². The zero-order chi connectivity index (χ0) is 4.28. The van der Waals surface area contributed by atoms with Gasteiger partial charge in [-0.15, -0.1) is 0 Å². The van der Waals surface area contributed by atoms with Gasteiger partial charge in [-0.1, -0.05) is 0 Å². The Morgan fingerprint density at radius 2 is 2.00 bits per heavy atom. The summed E-state index contributed by atoms with van der Waals surface area (Å²) in [6.07, 6.45) is 0. The molecule has 0 aromatic rings. The van der Waals surface area contributed by atoms with Gasteiger partial charge in [-0.05, 0) is 0 Å². The van der Waals surface area contributed by atoms with E-state index >= 15 is 0 Å². The van der Waals surface area contributed by atoms with Crippen LogP contribution in [0.5, 0.6) is 0 Å². The fourth-order valence-corrected chi connectivity index (χ4v) is 0. The van der Waals surface area contributed by atoms with E-state index in [0.29, 0.717) is 0 Å². The van der Waals surface area contributed by atoms with Gasteiger partial charge >= 0.3 is 35.5 Å². The summed E-state index contributed by atoms with van der Waals surface area (Å²) in [6, 6.07) is 0. The van der Waals surface area contributed by atoms with Gasteiger partial charge in [0.1, 0.15) is 0 Å². The van der Waals surface area contributed by atoms with Crippen molar-refractivity contribution in [3.8, 4) is 0 Å². The van der Waals surface area contributed by atoms with E-state index in [1.54, 1.807) is 0 Å². The first kappa shape index (κ1) is 15.8. The molecule has 0 aliphatic rings. The average Bonchev–Trinajstić information content (AvgIpc) is 1.38. The molecule has 0 aromatic carbocycles. The van der Waals surface area contributed by atoms with Crippen LogP contribution in [0, 0.1) is 0 Å². The van der Waals surface area contributed by atoms with Crippen molar-refractivity contribution in [1.82, 2.24) is 0 Å². The number of aliphatic carboxylic acids is 1. The Bertz CT molecular complexity index is 55.3. The van der Waals surface area contributed by atoms with Crippen LogP contribution in [0.2, 0.25) is 0 Å². The Morgan fingerprint density at radius 1 is 1.86 bits per heavy atom. The van der Waals surface area contributed by atoms with Gasteiger partial charge in [0.2, 0.25) is 0 Å². The minimum Gasteiger partial charge on any atom is -1.00 e. The standard InChI is InChI=1S/C2H4O2S.Cu.Na.H/c3-2(4)1-5;;;/h5H,1H2,(H,3,4);;;/q;;+1;-1. The van der Waals surface area contributed by atoms with Gasteiger partial charge in [0.15, 0.2) is 0 Å². The molecule has 0 fully saturated rings. The average molecular weight is 180 g/mol. The Balaban J connectivity index is -0.0000000267. The summed E-state index contributed by atoms with van der Waals surface area (Å²) in [5.74, 6) is -0.965. The molecule has 5 heteroatoms. The third kappa shape index (κ3) is 18.8. The van der Waals surface area contributed by atoms with Gasteiger partial charge in [0, 0.05) is 17.1 Å². The van der Waals surface area contributed by atoms with Crippen molar-refractivity contribution in [3.63, 3.8) is 0 Å². The third-order valence-corrected chi connectivity index (χ3v) is 0.406. The zero-order valence-electron chi connectivity index (χ0n) is 4.81. The van der Waals surface area contributed by atoms with Crippen molar-refractivity contribution in [3.05, 3.63) is 0 Å². The summed E-state index contributed by atoms with van der Waals surface area (Å²) in [4.78, 5) is 9.29. The quantitative estimate of drug-likeness (QED) is 0.335. The SMILES string of the molecule is O=C(O)CS.[Cu].[H-].[Na+]. The monoisotopic (exact) mass is 179 g/mol. The van der Waals surface area contributed by atoms with E-state index in [1.807, 2.05) is 0 Å². The third-order valence-electron chi connectivity index (χ3n) is 0.135. The summed E-state index contributed by atoms with van der Waals surface area (Å²) in [6.45, 7) is 0. The molecule has 0 spiro atoms. The van der Waals surface area contributed by atoms with Crippen LogP contribution in [-0.4, -0.2) is 16.8 Å². The molecule has 1 N–H and O–H groups in total. The van der Waals surface area contributed by atoms with Crippen molar-refractivity contribution < 1.29 is 58.0 Å². The molecule has 0 saturated heterocycles. The normalized spacial score (nSPS) is 5.29.